The van der Waals surface area contributed by atoms with Gasteiger partial charge in [0.1, 0.15) is 18.5 Å². The summed E-state index contributed by atoms with van der Waals surface area (Å²) in [6, 6.07) is 0.203. The van der Waals surface area contributed by atoms with Gasteiger partial charge in [-0.25, -0.2) is 13.2 Å². The summed E-state index contributed by atoms with van der Waals surface area (Å²) < 4.78 is 40.4. The quantitative estimate of drug-likeness (QED) is 0.841. The molecule has 0 heterocycles. The summed E-state index contributed by atoms with van der Waals surface area (Å²) in [5, 5.41) is 3.05. The number of carbonyl (C=O) groups is 1. The fourth-order valence-corrected chi connectivity index (χ4v) is 4.77. The monoisotopic (exact) mass is 317 g/mol. The molecule has 126 valence electrons. The lowest BCUT2D eigenvalue weighted by molar-refractivity contribution is -0.124. The highest BCUT2D eigenvalue weighted by Gasteiger charge is 2.41. The van der Waals surface area contributed by atoms with E-state index in [0.717, 1.165) is 12.3 Å². The van der Waals surface area contributed by atoms with Gasteiger partial charge in [0.15, 0.2) is 0 Å². The number of rotatable bonds is 3. The Labute approximate surface area is 130 Å². The van der Waals surface area contributed by atoms with Crippen molar-refractivity contribution in [1.29, 1.82) is 0 Å². The van der Waals surface area contributed by atoms with Crippen molar-refractivity contribution in [2.24, 2.45) is 17.8 Å². The topological polar surface area (TPSA) is 29.1 Å². The smallest absolute Gasteiger partial charge is 0.220 e. The summed E-state index contributed by atoms with van der Waals surface area (Å²) in [5.41, 5.74) is 0. The minimum atomic E-state index is -1.72. The van der Waals surface area contributed by atoms with Crippen LogP contribution in [0.1, 0.15) is 57.8 Å². The predicted octanol–water partition coefficient (Wildman–Crippen LogP) is 3.89. The van der Waals surface area contributed by atoms with E-state index in [2.05, 4.69) is 5.32 Å². The number of alkyl halides is 3. The fraction of sp³-hybridized carbons (Fsp3) is 0.941. The molecule has 0 aromatic rings. The molecule has 3 aliphatic rings. The second-order valence-electron chi connectivity index (χ2n) is 7.44. The Balaban J connectivity index is 1.50. The van der Waals surface area contributed by atoms with E-state index in [0.29, 0.717) is 5.92 Å². The lowest BCUT2D eigenvalue weighted by Gasteiger charge is -2.32. The van der Waals surface area contributed by atoms with Crippen LogP contribution in [0.25, 0.3) is 0 Å². The molecule has 3 fully saturated rings. The van der Waals surface area contributed by atoms with Crippen molar-refractivity contribution < 1.29 is 18.0 Å². The van der Waals surface area contributed by atoms with Crippen molar-refractivity contribution in [1.82, 2.24) is 5.32 Å². The molecule has 0 aromatic heterocycles. The standard InChI is InChI=1S/C17H26F3NO/c18-13-9-15(20)14(19)7-11(13)8-17(22)21-16-6-5-10-3-1-2-4-12(10)16/h10-16H,1-9H2,(H,21,22)/t10?,11?,12?,13?,14?,15?,16-/m0/s1. The maximum Gasteiger partial charge on any atom is 0.220 e. The molecule has 22 heavy (non-hydrogen) atoms. The van der Waals surface area contributed by atoms with E-state index in [4.69, 9.17) is 0 Å². The molecule has 0 aliphatic heterocycles. The van der Waals surface area contributed by atoms with Crippen LogP contribution in [0.3, 0.4) is 0 Å². The Morgan fingerprint density at radius 2 is 1.64 bits per heavy atom. The molecule has 6 unspecified atom stereocenters. The van der Waals surface area contributed by atoms with Gasteiger partial charge in [-0.2, -0.15) is 0 Å². The average Bonchev–Trinajstić information content (AvgIpc) is 2.88. The van der Waals surface area contributed by atoms with Gasteiger partial charge >= 0.3 is 0 Å². The molecular formula is C17H26F3NO. The first-order chi connectivity index (χ1) is 10.5. The molecule has 0 spiro atoms. The van der Waals surface area contributed by atoms with Crippen LogP contribution in [-0.2, 0) is 4.79 Å². The first-order valence-electron chi connectivity index (χ1n) is 8.76. The van der Waals surface area contributed by atoms with Gasteiger partial charge in [0, 0.05) is 24.8 Å². The molecule has 3 saturated carbocycles. The zero-order valence-electron chi connectivity index (χ0n) is 12.9. The first kappa shape index (κ1) is 16.1. The summed E-state index contributed by atoms with van der Waals surface area (Å²) in [5.74, 6) is 0.429. The highest BCUT2D eigenvalue weighted by atomic mass is 19.2. The van der Waals surface area contributed by atoms with E-state index in [-0.39, 0.29) is 24.8 Å². The SMILES string of the molecule is O=C(CC1CC(F)C(F)CC1F)N[C@H]1CCC2CCCCC21. The predicted molar refractivity (Wildman–Crippen MR) is 78.6 cm³/mol. The van der Waals surface area contributed by atoms with Crippen LogP contribution in [-0.4, -0.2) is 30.5 Å². The highest BCUT2D eigenvalue weighted by molar-refractivity contribution is 5.76. The molecule has 3 rings (SSSR count). The van der Waals surface area contributed by atoms with E-state index in [1.807, 2.05) is 0 Å². The maximum absolute atomic E-state index is 13.8. The van der Waals surface area contributed by atoms with Crippen molar-refractivity contribution in [2.75, 3.05) is 0 Å². The van der Waals surface area contributed by atoms with Crippen LogP contribution in [0.15, 0.2) is 0 Å². The number of fused-ring (bicyclic) bond motifs is 1. The molecule has 3 aliphatic carbocycles. The number of hydrogen-bond donors (Lipinski definition) is 1. The Morgan fingerprint density at radius 3 is 2.45 bits per heavy atom. The first-order valence-corrected chi connectivity index (χ1v) is 8.76. The van der Waals surface area contributed by atoms with E-state index in [9.17, 15) is 18.0 Å². The average molecular weight is 317 g/mol. The van der Waals surface area contributed by atoms with Crippen LogP contribution in [0, 0.1) is 17.8 Å². The van der Waals surface area contributed by atoms with Crippen LogP contribution >= 0.6 is 0 Å². The lowest BCUT2D eigenvalue weighted by atomic mass is 9.80. The number of carbonyl (C=O) groups excluding carboxylic acids is 1. The largest absolute Gasteiger partial charge is 0.353 e. The zero-order valence-corrected chi connectivity index (χ0v) is 12.9. The van der Waals surface area contributed by atoms with Crippen molar-refractivity contribution in [3.8, 4) is 0 Å². The summed E-state index contributed by atoms with van der Waals surface area (Å²) in [6.07, 6.45) is 1.77. The molecule has 0 radical (unpaired) electrons. The number of amides is 1. The Bertz CT molecular complexity index is 399. The number of nitrogens with one attached hydrogen (secondary N) is 1. The van der Waals surface area contributed by atoms with Gasteiger partial charge in [0.05, 0.1) is 0 Å². The molecule has 0 aromatic carbocycles. The van der Waals surface area contributed by atoms with E-state index < -0.39 is 30.9 Å². The van der Waals surface area contributed by atoms with Gasteiger partial charge in [-0.1, -0.05) is 19.3 Å². The lowest BCUT2D eigenvalue weighted by Crippen LogP contribution is -2.42. The van der Waals surface area contributed by atoms with Crippen LogP contribution in [0.4, 0.5) is 13.2 Å². The van der Waals surface area contributed by atoms with Crippen LogP contribution in [0.2, 0.25) is 0 Å². The van der Waals surface area contributed by atoms with E-state index >= 15 is 0 Å². The summed E-state index contributed by atoms with van der Waals surface area (Å²) in [7, 11) is 0. The molecule has 7 atom stereocenters. The highest BCUT2D eigenvalue weighted by Crippen LogP contribution is 2.42. The summed E-state index contributed by atoms with van der Waals surface area (Å²) in [6.45, 7) is 0. The third-order valence-corrected chi connectivity index (χ3v) is 6.01. The van der Waals surface area contributed by atoms with Crippen molar-refractivity contribution in [3.63, 3.8) is 0 Å². The number of hydrogen-bond acceptors (Lipinski definition) is 1. The van der Waals surface area contributed by atoms with Gasteiger partial charge < -0.3 is 5.32 Å². The van der Waals surface area contributed by atoms with Gasteiger partial charge in [0.25, 0.3) is 0 Å². The van der Waals surface area contributed by atoms with Gasteiger partial charge in [-0.05, 0) is 37.5 Å². The minimum Gasteiger partial charge on any atom is -0.353 e. The summed E-state index contributed by atoms with van der Waals surface area (Å²) >= 11 is 0. The fourth-order valence-electron chi connectivity index (χ4n) is 4.77. The molecule has 0 bridgehead atoms. The minimum absolute atomic E-state index is 0.0117. The Morgan fingerprint density at radius 1 is 0.909 bits per heavy atom. The zero-order chi connectivity index (χ0) is 15.7. The number of halogens is 3. The Hall–Kier alpha value is -0.740. The third-order valence-electron chi connectivity index (χ3n) is 6.01. The summed E-state index contributed by atoms with van der Waals surface area (Å²) in [4.78, 5) is 12.2. The maximum atomic E-state index is 13.8. The van der Waals surface area contributed by atoms with E-state index in [1.165, 1.54) is 32.1 Å². The van der Waals surface area contributed by atoms with Crippen LogP contribution in [0.5, 0.6) is 0 Å². The second-order valence-corrected chi connectivity index (χ2v) is 7.44. The van der Waals surface area contributed by atoms with E-state index in [1.54, 1.807) is 0 Å². The molecular weight excluding hydrogens is 291 g/mol. The van der Waals surface area contributed by atoms with Gasteiger partial charge in [-0.15, -0.1) is 0 Å². The van der Waals surface area contributed by atoms with Crippen molar-refractivity contribution in [2.45, 2.75) is 82.3 Å². The molecule has 5 heteroatoms. The molecule has 2 nitrogen and oxygen atoms in total. The normalized spacial score (nSPS) is 45.3. The molecule has 1 amide bonds. The Kier molecular flexibility index (Phi) is 4.98. The van der Waals surface area contributed by atoms with Crippen LogP contribution < -0.4 is 5.32 Å². The molecule has 0 saturated heterocycles. The second kappa shape index (κ2) is 6.79. The van der Waals surface area contributed by atoms with Crippen molar-refractivity contribution >= 4 is 5.91 Å². The third kappa shape index (κ3) is 3.43. The van der Waals surface area contributed by atoms with Gasteiger partial charge in [0.2, 0.25) is 5.91 Å². The van der Waals surface area contributed by atoms with Crippen molar-refractivity contribution in [3.05, 3.63) is 0 Å². The van der Waals surface area contributed by atoms with Gasteiger partial charge in [-0.3, -0.25) is 4.79 Å². The molecule has 1 N–H and O–H groups in total.